The van der Waals surface area contributed by atoms with E-state index in [0.717, 1.165) is 0 Å². The van der Waals surface area contributed by atoms with E-state index in [1.165, 1.54) is 10.4 Å². The Bertz CT molecular complexity index is 780. The molecule has 2 aromatic rings. The second-order valence-electron chi connectivity index (χ2n) is 9.54. The Balaban J connectivity index is 1.72. The van der Waals surface area contributed by atoms with Gasteiger partial charge in [-0.05, 0) is 21.3 Å². The average Bonchev–Trinajstić information content (AvgIpc) is 3.18. The quantitative estimate of drug-likeness (QED) is 0.740. The predicted octanol–water partition coefficient (Wildman–Crippen LogP) is 2.32. The molecule has 2 saturated heterocycles. The van der Waals surface area contributed by atoms with Crippen molar-refractivity contribution in [3.05, 3.63) is 60.7 Å². The lowest BCUT2D eigenvalue weighted by molar-refractivity contribution is -0.0269. The summed E-state index contributed by atoms with van der Waals surface area (Å²) in [4.78, 5) is 0. The molecule has 6 atom stereocenters. The molecule has 0 amide bonds. The molecule has 0 aromatic heterocycles. The smallest absolute Gasteiger partial charge is 0.261 e. The molecule has 0 spiro atoms. The van der Waals surface area contributed by atoms with Gasteiger partial charge in [0, 0.05) is 12.5 Å². The third kappa shape index (κ3) is 3.29. The Morgan fingerprint density at radius 1 is 0.862 bits per heavy atom. The molecule has 0 saturated carbocycles. The van der Waals surface area contributed by atoms with Gasteiger partial charge < -0.3 is 19.4 Å². The van der Waals surface area contributed by atoms with E-state index < -0.39 is 20.5 Å². The zero-order valence-electron chi connectivity index (χ0n) is 17.7. The molecule has 2 aromatic carbocycles. The predicted molar refractivity (Wildman–Crippen MR) is 117 cm³/mol. The van der Waals surface area contributed by atoms with Crippen molar-refractivity contribution in [3.63, 3.8) is 0 Å². The summed E-state index contributed by atoms with van der Waals surface area (Å²) in [5.74, 6) is 0.219. The van der Waals surface area contributed by atoms with E-state index in [1.54, 1.807) is 0 Å². The summed E-state index contributed by atoms with van der Waals surface area (Å²) in [5, 5.41) is 23.0. The molecule has 0 radical (unpaired) electrons. The fourth-order valence-corrected chi connectivity index (χ4v) is 9.89. The number of rotatable bonds is 5. The summed E-state index contributed by atoms with van der Waals surface area (Å²) >= 11 is 0. The van der Waals surface area contributed by atoms with Crippen LogP contribution in [0.15, 0.2) is 60.7 Å². The van der Waals surface area contributed by atoms with Crippen molar-refractivity contribution >= 4 is 18.7 Å². The van der Waals surface area contributed by atoms with Crippen LogP contribution < -0.4 is 10.4 Å². The Labute approximate surface area is 174 Å². The Hall–Kier alpha value is -1.50. The second kappa shape index (κ2) is 7.64. The molecule has 4 rings (SSSR count). The van der Waals surface area contributed by atoms with Crippen LogP contribution in [0.25, 0.3) is 0 Å². The Kier molecular flexibility index (Phi) is 5.47. The van der Waals surface area contributed by atoms with Crippen molar-refractivity contribution in [2.24, 2.45) is 11.8 Å². The van der Waals surface area contributed by atoms with Gasteiger partial charge in [0.1, 0.15) is 12.2 Å². The van der Waals surface area contributed by atoms with Gasteiger partial charge in [0.15, 0.2) is 0 Å². The molecule has 29 heavy (non-hydrogen) atoms. The zero-order valence-corrected chi connectivity index (χ0v) is 18.7. The van der Waals surface area contributed by atoms with E-state index in [1.807, 2.05) is 12.1 Å². The lowest BCUT2D eigenvalue weighted by atomic mass is 9.78. The van der Waals surface area contributed by atoms with Gasteiger partial charge in [0.2, 0.25) is 0 Å². The van der Waals surface area contributed by atoms with Crippen LogP contribution in [0.1, 0.15) is 27.7 Å². The van der Waals surface area contributed by atoms with Gasteiger partial charge in [0.25, 0.3) is 8.32 Å². The zero-order chi connectivity index (χ0) is 20.8. The summed E-state index contributed by atoms with van der Waals surface area (Å²) in [6.07, 6.45) is -2.28. The standard InChI is InChI=1S/C24H32O4Si/c1-16-19(23-21(26)20(25)22(16)28-23)15-27-29(24(2,3)4,17-11-7-5-8-12-17)18-13-9-6-10-14-18/h5-14,16,19-23,25-26H,15H2,1-4H3/t16-,19+,20+,21-,22-,23+/m0/s1. The topological polar surface area (TPSA) is 58.9 Å². The number of aliphatic hydroxyl groups is 2. The summed E-state index contributed by atoms with van der Waals surface area (Å²) in [6, 6.07) is 21.1. The van der Waals surface area contributed by atoms with Gasteiger partial charge in [-0.3, -0.25) is 0 Å². The van der Waals surface area contributed by atoms with Crippen molar-refractivity contribution in [1.82, 2.24) is 0 Å². The molecule has 2 aliphatic rings. The first-order valence-corrected chi connectivity index (χ1v) is 12.4. The summed E-state index contributed by atoms with van der Waals surface area (Å²) < 4.78 is 12.9. The number of aliphatic hydroxyl groups excluding tert-OH is 2. The van der Waals surface area contributed by atoms with Gasteiger partial charge in [0.05, 0.1) is 12.2 Å². The molecule has 2 aliphatic heterocycles. The fraction of sp³-hybridized carbons (Fsp3) is 0.500. The molecule has 2 N–H and O–H groups in total. The highest BCUT2D eigenvalue weighted by Gasteiger charge is 2.58. The SMILES string of the molecule is C[C@H]1[C@@H](CO[Si](c2ccccc2)(c2ccccc2)C(C)(C)C)[C@H]2O[C@@H]1[C@H](O)[C@@H]2O. The van der Waals surface area contributed by atoms with Crippen molar-refractivity contribution < 1.29 is 19.4 Å². The van der Waals surface area contributed by atoms with Crippen LogP contribution in [0.2, 0.25) is 5.04 Å². The Morgan fingerprint density at radius 3 is 1.79 bits per heavy atom. The van der Waals surface area contributed by atoms with Gasteiger partial charge in [-0.2, -0.15) is 0 Å². The van der Waals surface area contributed by atoms with E-state index in [9.17, 15) is 10.2 Å². The van der Waals surface area contributed by atoms with Gasteiger partial charge in [-0.15, -0.1) is 0 Å². The maximum Gasteiger partial charge on any atom is 0.261 e. The molecule has 2 fully saturated rings. The lowest BCUT2D eigenvalue weighted by Crippen LogP contribution is -2.67. The highest BCUT2D eigenvalue weighted by Crippen LogP contribution is 2.45. The molecule has 2 heterocycles. The van der Waals surface area contributed by atoms with Crippen LogP contribution >= 0.6 is 0 Å². The van der Waals surface area contributed by atoms with Gasteiger partial charge in [-0.1, -0.05) is 88.4 Å². The third-order valence-corrected chi connectivity index (χ3v) is 11.9. The molecule has 0 unspecified atom stereocenters. The molecule has 5 heteroatoms. The van der Waals surface area contributed by atoms with E-state index >= 15 is 0 Å². The molecular formula is C24H32O4Si. The van der Waals surface area contributed by atoms with Crippen LogP contribution in [0.3, 0.4) is 0 Å². The normalized spacial score (nSPS) is 31.9. The summed E-state index contributed by atoms with van der Waals surface area (Å²) in [6.45, 7) is 9.40. The van der Waals surface area contributed by atoms with Crippen molar-refractivity contribution in [2.45, 2.75) is 57.1 Å². The number of benzene rings is 2. The largest absolute Gasteiger partial charge is 0.407 e. The van der Waals surface area contributed by atoms with Crippen molar-refractivity contribution in [3.8, 4) is 0 Å². The van der Waals surface area contributed by atoms with Crippen LogP contribution in [-0.2, 0) is 9.16 Å². The molecular weight excluding hydrogens is 380 g/mol. The minimum Gasteiger partial charge on any atom is -0.407 e. The van der Waals surface area contributed by atoms with Gasteiger partial charge in [-0.25, -0.2) is 0 Å². The minimum atomic E-state index is -2.61. The Morgan fingerprint density at radius 2 is 1.34 bits per heavy atom. The fourth-order valence-electron chi connectivity index (χ4n) is 5.29. The van der Waals surface area contributed by atoms with Crippen LogP contribution in [-0.4, -0.2) is 49.6 Å². The van der Waals surface area contributed by atoms with Crippen LogP contribution in [0, 0.1) is 11.8 Å². The van der Waals surface area contributed by atoms with E-state index in [2.05, 4.69) is 76.2 Å². The maximum atomic E-state index is 10.4. The number of hydrogen-bond acceptors (Lipinski definition) is 4. The molecule has 4 nitrogen and oxygen atoms in total. The number of ether oxygens (including phenoxy) is 1. The minimum absolute atomic E-state index is 0.0695. The first kappa shape index (κ1) is 20.8. The van der Waals surface area contributed by atoms with Crippen LogP contribution in [0.4, 0.5) is 0 Å². The van der Waals surface area contributed by atoms with E-state index in [-0.39, 0.29) is 29.1 Å². The van der Waals surface area contributed by atoms with E-state index in [0.29, 0.717) is 6.61 Å². The first-order valence-electron chi connectivity index (χ1n) is 10.5. The maximum absolute atomic E-state index is 10.4. The monoisotopic (exact) mass is 412 g/mol. The number of fused-ring (bicyclic) bond motifs is 2. The third-order valence-electron chi connectivity index (χ3n) is 6.86. The van der Waals surface area contributed by atoms with Crippen molar-refractivity contribution in [1.29, 1.82) is 0 Å². The first-order chi connectivity index (χ1) is 13.8. The number of hydrogen-bond donors (Lipinski definition) is 2. The molecule has 0 aliphatic carbocycles. The van der Waals surface area contributed by atoms with Crippen molar-refractivity contribution in [2.75, 3.05) is 6.61 Å². The van der Waals surface area contributed by atoms with E-state index in [4.69, 9.17) is 9.16 Å². The highest BCUT2D eigenvalue weighted by atomic mass is 28.4. The highest BCUT2D eigenvalue weighted by molar-refractivity contribution is 6.99. The average molecular weight is 413 g/mol. The summed E-state index contributed by atoms with van der Waals surface area (Å²) in [7, 11) is -2.61. The summed E-state index contributed by atoms with van der Waals surface area (Å²) in [5.41, 5.74) is 0. The lowest BCUT2D eigenvalue weighted by Gasteiger charge is -2.44. The molecule has 156 valence electrons. The second-order valence-corrected chi connectivity index (χ2v) is 13.8. The molecule has 2 bridgehead atoms. The van der Waals surface area contributed by atoms with Gasteiger partial charge >= 0.3 is 0 Å². The van der Waals surface area contributed by atoms with Crippen LogP contribution in [0.5, 0.6) is 0 Å².